The zero-order valence-corrected chi connectivity index (χ0v) is 16.3. The third-order valence-corrected chi connectivity index (χ3v) is 4.02. The molecule has 0 heterocycles. The van der Waals surface area contributed by atoms with Gasteiger partial charge in [0, 0.05) is 0 Å². The van der Waals surface area contributed by atoms with Gasteiger partial charge >= 0.3 is 5.97 Å². The molecule has 3 rings (SSSR count). The van der Waals surface area contributed by atoms with Crippen LogP contribution in [0.3, 0.4) is 0 Å². The molecular formula is C24H18N2O5. The lowest BCUT2D eigenvalue weighted by atomic mass is 10.1. The molecule has 0 atom stereocenters. The lowest BCUT2D eigenvalue weighted by Crippen LogP contribution is -2.14. The van der Waals surface area contributed by atoms with Gasteiger partial charge in [0.15, 0.2) is 12.4 Å². The number of rotatable bonds is 8. The van der Waals surface area contributed by atoms with E-state index in [9.17, 15) is 14.9 Å². The monoisotopic (exact) mass is 414 g/mol. The number of nitrogens with one attached hydrogen (secondary N) is 1. The number of amides is 1. The summed E-state index contributed by atoms with van der Waals surface area (Å²) < 4.78 is 10.9. The molecule has 0 saturated carbocycles. The van der Waals surface area contributed by atoms with Crippen molar-refractivity contribution in [2.75, 3.05) is 11.9 Å². The lowest BCUT2D eigenvalue weighted by molar-refractivity contribution is -0.139. The van der Waals surface area contributed by atoms with Gasteiger partial charge in [-0.25, -0.2) is 4.79 Å². The number of anilines is 1. The Morgan fingerprint density at radius 1 is 0.935 bits per heavy atom. The van der Waals surface area contributed by atoms with Gasteiger partial charge in [-0.15, -0.1) is 0 Å². The highest BCUT2D eigenvalue weighted by molar-refractivity contribution is 6.10. The zero-order chi connectivity index (χ0) is 22.1. The highest BCUT2D eigenvalue weighted by Crippen LogP contribution is 2.29. The van der Waals surface area contributed by atoms with Crippen LogP contribution >= 0.6 is 0 Å². The number of benzene rings is 3. The summed E-state index contributed by atoms with van der Waals surface area (Å²) in [6, 6.07) is 24.3. The first-order valence-electron chi connectivity index (χ1n) is 9.25. The van der Waals surface area contributed by atoms with Crippen LogP contribution in [0.15, 0.2) is 84.4 Å². The first kappa shape index (κ1) is 21.1. The molecule has 7 nitrogen and oxygen atoms in total. The van der Waals surface area contributed by atoms with E-state index in [0.29, 0.717) is 28.5 Å². The second kappa shape index (κ2) is 10.3. The maximum absolute atomic E-state index is 12.6. The van der Waals surface area contributed by atoms with Crippen LogP contribution in [0, 0.1) is 11.3 Å². The third kappa shape index (κ3) is 6.21. The first-order valence-corrected chi connectivity index (χ1v) is 9.25. The molecule has 7 heteroatoms. The van der Waals surface area contributed by atoms with E-state index in [1.165, 1.54) is 6.08 Å². The Kier molecular flexibility index (Phi) is 7.01. The molecule has 2 N–H and O–H groups in total. The molecule has 0 bridgehead atoms. The fourth-order valence-corrected chi connectivity index (χ4v) is 2.58. The number of para-hydroxylation sites is 3. The van der Waals surface area contributed by atoms with Gasteiger partial charge in [0.1, 0.15) is 23.1 Å². The quantitative estimate of drug-likeness (QED) is 0.415. The van der Waals surface area contributed by atoms with E-state index in [-0.39, 0.29) is 5.57 Å². The predicted molar refractivity (Wildman–Crippen MR) is 115 cm³/mol. The Morgan fingerprint density at radius 3 is 2.29 bits per heavy atom. The molecule has 0 fully saturated rings. The molecule has 0 aliphatic heterocycles. The number of ether oxygens (including phenoxy) is 2. The smallest absolute Gasteiger partial charge is 0.341 e. The second-order valence-corrected chi connectivity index (χ2v) is 6.29. The van der Waals surface area contributed by atoms with Crippen LogP contribution in [-0.4, -0.2) is 23.6 Å². The summed E-state index contributed by atoms with van der Waals surface area (Å²) in [5, 5.41) is 20.8. The van der Waals surface area contributed by atoms with Crippen LogP contribution in [-0.2, 0) is 9.59 Å². The minimum absolute atomic E-state index is 0.103. The van der Waals surface area contributed by atoms with Gasteiger partial charge in [0.05, 0.1) is 5.69 Å². The Balaban J connectivity index is 1.73. The Morgan fingerprint density at radius 2 is 1.61 bits per heavy atom. The summed E-state index contributed by atoms with van der Waals surface area (Å²) >= 11 is 0. The SMILES string of the molecule is N#C/C(=C/c1ccc(OCC(=O)O)cc1)C(=O)Nc1ccccc1Oc1ccccc1. The van der Waals surface area contributed by atoms with E-state index in [1.807, 2.05) is 24.3 Å². The molecule has 3 aromatic carbocycles. The van der Waals surface area contributed by atoms with E-state index in [4.69, 9.17) is 14.6 Å². The molecule has 0 radical (unpaired) electrons. The van der Waals surface area contributed by atoms with E-state index < -0.39 is 18.5 Å². The number of hydrogen-bond acceptors (Lipinski definition) is 5. The minimum Gasteiger partial charge on any atom is -0.482 e. The summed E-state index contributed by atoms with van der Waals surface area (Å²) in [7, 11) is 0. The van der Waals surface area contributed by atoms with Crippen molar-refractivity contribution in [2.24, 2.45) is 0 Å². The maximum atomic E-state index is 12.6. The summed E-state index contributed by atoms with van der Waals surface area (Å²) in [5.41, 5.74) is 0.909. The van der Waals surface area contributed by atoms with Crippen LogP contribution in [0.25, 0.3) is 6.08 Å². The van der Waals surface area contributed by atoms with Crippen LogP contribution in [0.1, 0.15) is 5.56 Å². The highest BCUT2D eigenvalue weighted by Gasteiger charge is 2.13. The molecule has 3 aromatic rings. The van der Waals surface area contributed by atoms with Crippen molar-refractivity contribution in [2.45, 2.75) is 0 Å². The van der Waals surface area contributed by atoms with Gasteiger partial charge in [0.25, 0.3) is 5.91 Å². The number of carbonyl (C=O) groups is 2. The van der Waals surface area contributed by atoms with Gasteiger partial charge < -0.3 is 19.9 Å². The van der Waals surface area contributed by atoms with E-state index in [2.05, 4.69) is 5.32 Å². The van der Waals surface area contributed by atoms with Crippen molar-refractivity contribution in [3.63, 3.8) is 0 Å². The molecule has 1 amide bonds. The standard InChI is InChI=1S/C24H18N2O5/c25-15-18(14-17-10-12-19(13-11-17)30-16-23(27)28)24(29)26-21-8-4-5-9-22(21)31-20-6-2-1-3-7-20/h1-14H,16H2,(H,26,29)(H,27,28)/b18-14-. The molecule has 0 aliphatic carbocycles. The van der Waals surface area contributed by atoms with Crippen LogP contribution in [0.2, 0.25) is 0 Å². The molecule has 0 aromatic heterocycles. The van der Waals surface area contributed by atoms with Crippen molar-refractivity contribution in [1.29, 1.82) is 5.26 Å². The molecule has 31 heavy (non-hydrogen) atoms. The second-order valence-electron chi connectivity index (χ2n) is 6.29. The van der Waals surface area contributed by atoms with Crippen molar-refractivity contribution in [3.05, 3.63) is 90.0 Å². The zero-order valence-electron chi connectivity index (χ0n) is 16.3. The van der Waals surface area contributed by atoms with E-state index >= 15 is 0 Å². The molecule has 0 aliphatic rings. The number of hydrogen-bond donors (Lipinski definition) is 2. The fourth-order valence-electron chi connectivity index (χ4n) is 2.58. The number of carboxylic acids is 1. The first-order chi connectivity index (χ1) is 15.0. The predicted octanol–water partition coefficient (Wildman–Crippen LogP) is 4.49. The van der Waals surface area contributed by atoms with Gasteiger partial charge in [-0.2, -0.15) is 5.26 Å². The minimum atomic E-state index is -1.08. The number of nitrogens with zero attached hydrogens (tertiary/aromatic N) is 1. The Hall–Kier alpha value is -4.57. The van der Waals surface area contributed by atoms with Crippen molar-refractivity contribution >= 4 is 23.6 Å². The van der Waals surface area contributed by atoms with E-state index in [0.717, 1.165) is 0 Å². The highest BCUT2D eigenvalue weighted by atomic mass is 16.5. The van der Waals surface area contributed by atoms with Crippen molar-refractivity contribution in [1.82, 2.24) is 0 Å². The van der Waals surface area contributed by atoms with Crippen LogP contribution < -0.4 is 14.8 Å². The van der Waals surface area contributed by atoms with Crippen molar-refractivity contribution in [3.8, 4) is 23.3 Å². The van der Waals surface area contributed by atoms with Crippen LogP contribution in [0.5, 0.6) is 17.2 Å². The summed E-state index contributed by atoms with van der Waals surface area (Å²) in [4.78, 5) is 23.2. The Bertz CT molecular complexity index is 1130. The van der Waals surface area contributed by atoms with Crippen LogP contribution in [0.4, 0.5) is 5.69 Å². The lowest BCUT2D eigenvalue weighted by Gasteiger charge is -2.12. The number of carboxylic acid groups (broad SMARTS) is 1. The average molecular weight is 414 g/mol. The maximum Gasteiger partial charge on any atom is 0.341 e. The number of nitriles is 1. The average Bonchev–Trinajstić information content (AvgIpc) is 2.78. The van der Waals surface area contributed by atoms with Gasteiger partial charge in [-0.1, -0.05) is 42.5 Å². The van der Waals surface area contributed by atoms with Gasteiger partial charge in [0.2, 0.25) is 0 Å². The largest absolute Gasteiger partial charge is 0.482 e. The molecule has 0 saturated heterocycles. The number of aliphatic carboxylic acids is 1. The van der Waals surface area contributed by atoms with Gasteiger partial charge in [-0.05, 0) is 48.0 Å². The summed E-state index contributed by atoms with van der Waals surface area (Å²) in [6.45, 7) is -0.453. The molecular weight excluding hydrogens is 396 g/mol. The van der Waals surface area contributed by atoms with E-state index in [1.54, 1.807) is 60.7 Å². The summed E-state index contributed by atoms with van der Waals surface area (Å²) in [6.07, 6.45) is 1.43. The normalized spacial score (nSPS) is 10.6. The van der Waals surface area contributed by atoms with Gasteiger partial charge in [-0.3, -0.25) is 4.79 Å². The Labute approximate surface area is 178 Å². The third-order valence-electron chi connectivity index (χ3n) is 4.02. The van der Waals surface area contributed by atoms with Crippen molar-refractivity contribution < 1.29 is 24.2 Å². The topological polar surface area (TPSA) is 109 Å². The number of carbonyl (C=O) groups excluding carboxylic acids is 1. The summed E-state index contributed by atoms with van der Waals surface area (Å²) in [5.74, 6) is -0.235. The molecule has 0 unspecified atom stereocenters. The molecule has 0 spiro atoms. The fraction of sp³-hybridized carbons (Fsp3) is 0.0417. The molecule has 154 valence electrons.